The van der Waals surface area contributed by atoms with Crippen molar-refractivity contribution in [3.63, 3.8) is 0 Å². The van der Waals surface area contributed by atoms with Crippen molar-refractivity contribution in [3.8, 4) is 5.75 Å². The molecule has 2 aromatic heterocycles. The number of amides is 1. The van der Waals surface area contributed by atoms with Crippen LogP contribution < -0.4 is 9.64 Å². The van der Waals surface area contributed by atoms with Crippen LogP contribution in [0.3, 0.4) is 0 Å². The number of hydrogen-bond donors (Lipinski definition) is 0. The molecule has 0 radical (unpaired) electrons. The van der Waals surface area contributed by atoms with E-state index >= 15 is 0 Å². The quantitative estimate of drug-likeness (QED) is 0.429. The van der Waals surface area contributed by atoms with Crippen LogP contribution in [0.5, 0.6) is 5.75 Å². The second-order valence-electron chi connectivity index (χ2n) is 9.78. The molecular weight excluding hydrogens is 410 g/mol. The summed E-state index contributed by atoms with van der Waals surface area (Å²) < 4.78 is 8.05. The van der Waals surface area contributed by atoms with Crippen molar-refractivity contribution in [1.82, 2.24) is 9.55 Å². The molecular formula is C28H35N3O2. The zero-order valence-corrected chi connectivity index (χ0v) is 19.9. The van der Waals surface area contributed by atoms with Crippen LogP contribution in [0.15, 0.2) is 42.6 Å². The maximum Gasteiger partial charge on any atom is 0.229 e. The smallest absolute Gasteiger partial charge is 0.229 e. The third kappa shape index (κ3) is 4.92. The molecule has 2 aliphatic rings. The molecule has 0 spiro atoms. The summed E-state index contributed by atoms with van der Waals surface area (Å²) in [5.41, 5.74) is 4.49. The highest BCUT2D eigenvalue weighted by atomic mass is 16.5. The molecule has 5 nitrogen and oxygen atoms in total. The van der Waals surface area contributed by atoms with E-state index in [0.717, 1.165) is 48.3 Å². The van der Waals surface area contributed by atoms with E-state index in [1.165, 1.54) is 43.4 Å². The van der Waals surface area contributed by atoms with E-state index in [2.05, 4.69) is 41.0 Å². The summed E-state index contributed by atoms with van der Waals surface area (Å²) in [5, 5.41) is 1.12. The molecule has 5 rings (SSSR count). The Kier molecular flexibility index (Phi) is 6.39. The second kappa shape index (κ2) is 9.58. The van der Waals surface area contributed by atoms with Gasteiger partial charge in [0.25, 0.3) is 0 Å². The predicted molar refractivity (Wildman–Crippen MR) is 133 cm³/mol. The van der Waals surface area contributed by atoms with Crippen LogP contribution in [0.2, 0.25) is 0 Å². The summed E-state index contributed by atoms with van der Waals surface area (Å²) in [6.45, 7) is 3.72. The van der Waals surface area contributed by atoms with Crippen LogP contribution in [0.4, 0.5) is 5.69 Å². The fourth-order valence-electron chi connectivity index (χ4n) is 5.16. The molecule has 3 aromatic rings. The highest BCUT2D eigenvalue weighted by molar-refractivity contribution is 5.97. The maximum absolute atomic E-state index is 12.6. The normalized spacial score (nSPS) is 16.8. The van der Waals surface area contributed by atoms with Gasteiger partial charge in [-0.1, -0.05) is 31.4 Å². The number of carbonyl (C=O) groups excluding carboxylic acids is 1. The summed E-state index contributed by atoms with van der Waals surface area (Å²) >= 11 is 0. The number of rotatable bonds is 8. The number of ether oxygens (including phenoxy) is 1. The Morgan fingerprint density at radius 2 is 1.85 bits per heavy atom. The standard InChI is InChI=1S/C28H35N3O2/c1-3-33-26-13-9-20(10-14-26)15-24-16-23-17-25(30(2)28(32)22-11-12-22)18-29-27(23)31(24)19-21-7-5-4-6-8-21/h9-10,13-14,16-18,21-22H,3-8,11-12,15,19H2,1-2H3. The van der Waals surface area contributed by atoms with Gasteiger partial charge in [0.2, 0.25) is 5.91 Å². The molecule has 174 valence electrons. The van der Waals surface area contributed by atoms with Crippen LogP contribution in [-0.4, -0.2) is 29.1 Å². The van der Waals surface area contributed by atoms with Crippen LogP contribution >= 0.6 is 0 Å². The van der Waals surface area contributed by atoms with Crippen molar-refractivity contribution < 1.29 is 9.53 Å². The Hall–Kier alpha value is -2.82. The van der Waals surface area contributed by atoms with Gasteiger partial charge >= 0.3 is 0 Å². The zero-order valence-electron chi connectivity index (χ0n) is 19.9. The summed E-state index contributed by atoms with van der Waals surface area (Å²) in [4.78, 5) is 19.2. The average molecular weight is 446 g/mol. The molecule has 33 heavy (non-hydrogen) atoms. The molecule has 1 aromatic carbocycles. The second-order valence-corrected chi connectivity index (χ2v) is 9.78. The topological polar surface area (TPSA) is 47.4 Å². The van der Waals surface area contributed by atoms with Crippen molar-refractivity contribution >= 4 is 22.6 Å². The highest BCUT2D eigenvalue weighted by Crippen LogP contribution is 2.34. The first-order chi connectivity index (χ1) is 16.1. The van der Waals surface area contributed by atoms with E-state index in [9.17, 15) is 4.79 Å². The largest absolute Gasteiger partial charge is 0.494 e. The Labute approximate surface area is 196 Å². The average Bonchev–Trinajstić information content (AvgIpc) is 3.64. The van der Waals surface area contributed by atoms with Crippen LogP contribution in [0, 0.1) is 11.8 Å². The van der Waals surface area contributed by atoms with Crippen LogP contribution in [0.1, 0.15) is 63.1 Å². The van der Waals surface area contributed by atoms with E-state index in [1.54, 1.807) is 4.90 Å². The number of benzene rings is 1. The predicted octanol–water partition coefficient (Wildman–Crippen LogP) is 5.98. The minimum absolute atomic E-state index is 0.205. The molecule has 0 saturated heterocycles. The Bertz CT molecular complexity index is 1110. The van der Waals surface area contributed by atoms with E-state index < -0.39 is 0 Å². The fraction of sp³-hybridized carbons (Fsp3) is 0.500. The van der Waals surface area contributed by atoms with E-state index in [1.807, 2.05) is 20.2 Å². The van der Waals surface area contributed by atoms with Gasteiger partial charge in [-0.25, -0.2) is 4.98 Å². The molecule has 0 unspecified atom stereocenters. The van der Waals surface area contributed by atoms with Gasteiger partial charge in [-0.2, -0.15) is 0 Å². The van der Waals surface area contributed by atoms with Gasteiger partial charge in [-0.3, -0.25) is 4.79 Å². The number of aromatic nitrogens is 2. The van der Waals surface area contributed by atoms with Gasteiger partial charge < -0.3 is 14.2 Å². The van der Waals surface area contributed by atoms with E-state index in [4.69, 9.17) is 9.72 Å². The zero-order chi connectivity index (χ0) is 22.8. The van der Waals surface area contributed by atoms with Gasteiger partial charge in [0, 0.05) is 37.0 Å². The number of carbonyl (C=O) groups is 1. The summed E-state index contributed by atoms with van der Waals surface area (Å²) in [5.74, 6) is 2.05. The van der Waals surface area contributed by atoms with Crippen molar-refractivity contribution in [3.05, 3.63) is 53.9 Å². The lowest BCUT2D eigenvalue weighted by Gasteiger charge is -2.23. The van der Waals surface area contributed by atoms with Crippen LogP contribution in [0.25, 0.3) is 11.0 Å². The van der Waals surface area contributed by atoms with Crippen molar-refractivity contribution in [2.45, 2.75) is 64.8 Å². The molecule has 2 saturated carbocycles. The number of fused-ring (bicyclic) bond motifs is 1. The SMILES string of the molecule is CCOc1ccc(Cc2cc3cc(N(C)C(=O)C4CC4)cnc3n2CC2CCCCC2)cc1. The van der Waals surface area contributed by atoms with Gasteiger partial charge in [0.1, 0.15) is 11.4 Å². The molecule has 0 N–H and O–H groups in total. The third-order valence-electron chi connectivity index (χ3n) is 7.23. The molecule has 2 fully saturated rings. The van der Waals surface area contributed by atoms with Crippen molar-refractivity contribution in [2.75, 3.05) is 18.6 Å². The van der Waals surface area contributed by atoms with E-state index in [0.29, 0.717) is 12.5 Å². The molecule has 0 bridgehead atoms. The van der Waals surface area contributed by atoms with Crippen molar-refractivity contribution in [2.24, 2.45) is 11.8 Å². The first kappa shape index (κ1) is 22.0. The minimum atomic E-state index is 0.205. The number of pyridine rings is 1. The summed E-state index contributed by atoms with van der Waals surface area (Å²) in [7, 11) is 1.88. The lowest BCUT2D eigenvalue weighted by Crippen LogP contribution is -2.27. The first-order valence-electron chi connectivity index (χ1n) is 12.6. The Morgan fingerprint density at radius 1 is 1.09 bits per heavy atom. The maximum atomic E-state index is 12.6. The minimum Gasteiger partial charge on any atom is -0.494 e. The van der Waals surface area contributed by atoms with Gasteiger partial charge in [0.05, 0.1) is 18.5 Å². The van der Waals surface area contributed by atoms with Gasteiger partial charge in [-0.15, -0.1) is 0 Å². The Morgan fingerprint density at radius 3 is 2.55 bits per heavy atom. The third-order valence-corrected chi connectivity index (χ3v) is 7.23. The lowest BCUT2D eigenvalue weighted by molar-refractivity contribution is -0.119. The molecule has 0 aliphatic heterocycles. The summed E-state index contributed by atoms with van der Waals surface area (Å²) in [6, 6.07) is 12.9. The molecule has 1 amide bonds. The molecule has 0 atom stereocenters. The molecule has 2 aliphatic carbocycles. The first-order valence-corrected chi connectivity index (χ1v) is 12.6. The molecule has 5 heteroatoms. The Balaban J connectivity index is 1.46. The number of nitrogens with zero attached hydrogens (tertiary/aromatic N) is 3. The number of hydrogen-bond acceptors (Lipinski definition) is 3. The van der Waals surface area contributed by atoms with E-state index in [-0.39, 0.29) is 11.8 Å². The van der Waals surface area contributed by atoms with Crippen LogP contribution in [-0.2, 0) is 17.8 Å². The number of anilines is 1. The highest BCUT2D eigenvalue weighted by Gasteiger charge is 2.32. The monoisotopic (exact) mass is 445 g/mol. The fourth-order valence-corrected chi connectivity index (χ4v) is 5.16. The molecule has 2 heterocycles. The lowest BCUT2D eigenvalue weighted by atomic mass is 9.89. The summed E-state index contributed by atoms with van der Waals surface area (Å²) in [6.07, 6.45) is 11.4. The van der Waals surface area contributed by atoms with Gasteiger partial charge in [0.15, 0.2) is 0 Å². The van der Waals surface area contributed by atoms with Gasteiger partial charge in [-0.05, 0) is 68.4 Å². The van der Waals surface area contributed by atoms with Crippen molar-refractivity contribution in [1.29, 1.82) is 0 Å².